The van der Waals surface area contributed by atoms with Crippen LogP contribution < -0.4 is 15.6 Å². The van der Waals surface area contributed by atoms with Crippen molar-refractivity contribution in [2.24, 2.45) is 0 Å². The number of nitrogens with zero attached hydrogens (tertiary/aromatic N) is 1. The van der Waals surface area contributed by atoms with Gasteiger partial charge in [0.15, 0.2) is 0 Å². The van der Waals surface area contributed by atoms with Gasteiger partial charge >= 0.3 is 0 Å². The Morgan fingerprint density at radius 2 is 1.81 bits per heavy atom. The van der Waals surface area contributed by atoms with Gasteiger partial charge in [-0.05, 0) is 49.6 Å². The van der Waals surface area contributed by atoms with E-state index in [0.29, 0.717) is 11.3 Å². The van der Waals surface area contributed by atoms with Crippen molar-refractivity contribution >= 4 is 33.2 Å². The number of likely N-dealkylation sites (N-methyl/N-ethyl adjacent to an activating group) is 1. The van der Waals surface area contributed by atoms with Crippen LogP contribution >= 0.6 is 11.3 Å². The van der Waals surface area contributed by atoms with Crippen LogP contribution in [0.4, 0.5) is 0 Å². The zero-order chi connectivity index (χ0) is 20.0. The summed E-state index contributed by atoms with van der Waals surface area (Å²) in [6.45, 7) is 3.36. The van der Waals surface area contributed by atoms with E-state index < -0.39 is 28.4 Å². The molecule has 2 N–H and O–H groups in total. The normalized spacial score (nSPS) is 11.4. The standard InChI is InChI=1S/C17H21N3O5S2/c1-12(2)25-14-8-6-13(7-9-14)17(22)19-18-15(21)11-20(3)27(23,24)16-5-4-10-26-16/h4-10,12H,11H2,1-3H3,(H,18,21)(H,19,22). The Morgan fingerprint density at radius 1 is 1.15 bits per heavy atom. The predicted molar refractivity (Wildman–Crippen MR) is 102 cm³/mol. The Morgan fingerprint density at radius 3 is 2.37 bits per heavy atom. The van der Waals surface area contributed by atoms with Crippen molar-refractivity contribution < 1.29 is 22.7 Å². The minimum Gasteiger partial charge on any atom is -0.491 e. The molecule has 0 spiro atoms. The fourth-order valence-electron chi connectivity index (χ4n) is 2.05. The molecule has 146 valence electrons. The molecule has 2 rings (SSSR count). The topological polar surface area (TPSA) is 105 Å². The van der Waals surface area contributed by atoms with Gasteiger partial charge in [-0.15, -0.1) is 11.3 Å². The quantitative estimate of drug-likeness (QED) is 0.674. The molecule has 0 radical (unpaired) electrons. The summed E-state index contributed by atoms with van der Waals surface area (Å²) >= 11 is 1.06. The maximum atomic E-state index is 12.3. The Kier molecular flexibility index (Phi) is 6.94. The molecule has 0 saturated carbocycles. The third-order valence-electron chi connectivity index (χ3n) is 3.33. The first kappa shape index (κ1) is 20.9. The summed E-state index contributed by atoms with van der Waals surface area (Å²) in [6, 6.07) is 9.50. The fraction of sp³-hybridized carbons (Fsp3) is 0.294. The molecule has 0 fully saturated rings. The highest BCUT2D eigenvalue weighted by molar-refractivity contribution is 7.91. The molecule has 1 aromatic carbocycles. The third kappa shape index (κ3) is 5.78. The number of thiophene rings is 1. The van der Waals surface area contributed by atoms with Crippen LogP contribution in [0.5, 0.6) is 5.75 Å². The number of hydrogen-bond acceptors (Lipinski definition) is 6. The Labute approximate surface area is 162 Å². The van der Waals surface area contributed by atoms with Crippen molar-refractivity contribution in [3.63, 3.8) is 0 Å². The Bertz CT molecular complexity index is 878. The fourth-order valence-corrected chi connectivity index (χ4v) is 4.37. The summed E-state index contributed by atoms with van der Waals surface area (Å²) < 4.78 is 31.1. The van der Waals surface area contributed by atoms with E-state index in [1.54, 1.807) is 35.7 Å². The number of sulfonamides is 1. The lowest BCUT2D eigenvalue weighted by Gasteiger charge is -2.16. The molecule has 2 amide bonds. The van der Waals surface area contributed by atoms with Crippen LogP contribution in [-0.2, 0) is 14.8 Å². The smallest absolute Gasteiger partial charge is 0.269 e. The molecule has 8 nitrogen and oxygen atoms in total. The summed E-state index contributed by atoms with van der Waals surface area (Å²) in [5.74, 6) is -0.556. The lowest BCUT2D eigenvalue weighted by Crippen LogP contribution is -2.46. The zero-order valence-corrected chi connectivity index (χ0v) is 16.8. The van der Waals surface area contributed by atoms with E-state index in [9.17, 15) is 18.0 Å². The van der Waals surface area contributed by atoms with Gasteiger partial charge in [0.25, 0.3) is 21.8 Å². The zero-order valence-electron chi connectivity index (χ0n) is 15.1. The molecule has 0 aliphatic rings. The maximum Gasteiger partial charge on any atom is 0.269 e. The second kappa shape index (κ2) is 8.98. The third-order valence-corrected chi connectivity index (χ3v) is 6.51. The first-order valence-electron chi connectivity index (χ1n) is 8.06. The molecule has 2 aromatic rings. The van der Waals surface area contributed by atoms with Crippen molar-refractivity contribution in [3.05, 3.63) is 47.3 Å². The molecule has 1 aromatic heterocycles. The van der Waals surface area contributed by atoms with E-state index in [1.807, 2.05) is 13.8 Å². The lowest BCUT2D eigenvalue weighted by molar-refractivity contribution is -0.121. The van der Waals surface area contributed by atoms with Gasteiger partial charge in [0.2, 0.25) is 0 Å². The minimum absolute atomic E-state index is 0.0198. The van der Waals surface area contributed by atoms with Crippen LogP contribution in [0.15, 0.2) is 46.0 Å². The second-order valence-electron chi connectivity index (χ2n) is 5.89. The van der Waals surface area contributed by atoms with E-state index in [0.717, 1.165) is 15.6 Å². The van der Waals surface area contributed by atoms with Crippen LogP contribution in [-0.4, -0.2) is 44.2 Å². The molecule has 1 heterocycles. The van der Waals surface area contributed by atoms with Gasteiger partial charge < -0.3 is 4.74 Å². The summed E-state index contributed by atoms with van der Waals surface area (Å²) in [5, 5.41) is 1.64. The Balaban J connectivity index is 1.87. The summed E-state index contributed by atoms with van der Waals surface area (Å²) in [5.41, 5.74) is 4.78. The summed E-state index contributed by atoms with van der Waals surface area (Å²) in [7, 11) is -2.44. The van der Waals surface area contributed by atoms with Crippen LogP contribution in [0.25, 0.3) is 0 Å². The van der Waals surface area contributed by atoms with Gasteiger partial charge in [-0.2, -0.15) is 4.31 Å². The summed E-state index contributed by atoms with van der Waals surface area (Å²) in [4.78, 5) is 24.0. The van der Waals surface area contributed by atoms with Gasteiger partial charge in [-0.1, -0.05) is 6.07 Å². The monoisotopic (exact) mass is 411 g/mol. The largest absolute Gasteiger partial charge is 0.491 e. The highest BCUT2D eigenvalue weighted by Gasteiger charge is 2.23. The molecule has 0 aliphatic carbocycles. The minimum atomic E-state index is -3.73. The van der Waals surface area contributed by atoms with E-state index in [1.165, 1.54) is 13.1 Å². The number of hydrogen-bond donors (Lipinski definition) is 2. The van der Waals surface area contributed by atoms with E-state index >= 15 is 0 Å². The van der Waals surface area contributed by atoms with E-state index in [2.05, 4.69) is 10.9 Å². The number of carbonyl (C=O) groups is 2. The number of ether oxygens (including phenoxy) is 1. The molecule has 0 bridgehead atoms. The van der Waals surface area contributed by atoms with Crippen LogP contribution in [0.3, 0.4) is 0 Å². The van der Waals surface area contributed by atoms with E-state index in [-0.39, 0.29) is 10.3 Å². The molecule has 0 aliphatic heterocycles. The molecule has 0 unspecified atom stereocenters. The average Bonchev–Trinajstić information content (AvgIpc) is 3.15. The van der Waals surface area contributed by atoms with Gasteiger partial charge in [0, 0.05) is 12.6 Å². The maximum absolute atomic E-state index is 12.3. The highest BCUT2D eigenvalue weighted by Crippen LogP contribution is 2.19. The van der Waals surface area contributed by atoms with Crippen LogP contribution in [0.1, 0.15) is 24.2 Å². The molecular formula is C17H21N3O5S2. The number of carbonyl (C=O) groups excluding carboxylic acids is 2. The van der Waals surface area contributed by atoms with Crippen molar-refractivity contribution in [2.45, 2.75) is 24.2 Å². The Hall–Kier alpha value is -2.43. The van der Waals surface area contributed by atoms with Gasteiger partial charge in [-0.25, -0.2) is 8.42 Å². The molecule has 0 atom stereocenters. The van der Waals surface area contributed by atoms with E-state index in [4.69, 9.17) is 4.74 Å². The predicted octanol–water partition coefficient (Wildman–Crippen LogP) is 1.62. The summed E-state index contributed by atoms with van der Waals surface area (Å²) in [6.07, 6.45) is 0.0198. The number of amides is 2. The van der Waals surface area contributed by atoms with Gasteiger partial charge in [-0.3, -0.25) is 20.4 Å². The first-order chi connectivity index (χ1) is 12.7. The molecule has 27 heavy (non-hydrogen) atoms. The van der Waals surface area contributed by atoms with Crippen molar-refractivity contribution in [3.8, 4) is 5.75 Å². The lowest BCUT2D eigenvalue weighted by atomic mass is 10.2. The number of hydrazine groups is 1. The highest BCUT2D eigenvalue weighted by atomic mass is 32.2. The second-order valence-corrected chi connectivity index (χ2v) is 9.11. The van der Waals surface area contributed by atoms with Crippen molar-refractivity contribution in [2.75, 3.05) is 13.6 Å². The molecular weight excluding hydrogens is 390 g/mol. The molecule has 10 heteroatoms. The van der Waals surface area contributed by atoms with Crippen LogP contribution in [0, 0.1) is 0 Å². The van der Waals surface area contributed by atoms with Crippen molar-refractivity contribution in [1.82, 2.24) is 15.2 Å². The molecule has 0 saturated heterocycles. The van der Waals surface area contributed by atoms with Crippen molar-refractivity contribution in [1.29, 1.82) is 0 Å². The average molecular weight is 412 g/mol. The first-order valence-corrected chi connectivity index (χ1v) is 10.4. The number of nitrogens with one attached hydrogen (secondary N) is 2. The van der Waals surface area contributed by atoms with Gasteiger partial charge in [0.05, 0.1) is 12.6 Å². The van der Waals surface area contributed by atoms with Crippen LogP contribution in [0.2, 0.25) is 0 Å². The van der Waals surface area contributed by atoms with Gasteiger partial charge in [0.1, 0.15) is 9.96 Å². The number of benzene rings is 1. The SMILES string of the molecule is CC(C)Oc1ccc(C(=O)NNC(=O)CN(C)S(=O)(=O)c2cccs2)cc1. The number of rotatable bonds is 7.